The lowest BCUT2D eigenvalue weighted by Crippen LogP contribution is -2.17. The van der Waals surface area contributed by atoms with Gasteiger partial charge in [0.15, 0.2) is 5.65 Å². The number of carbonyl (C=O) groups excluding carboxylic acids is 1. The fraction of sp³-hybridized carbons (Fsp3) is 0.0556. The van der Waals surface area contributed by atoms with Gasteiger partial charge in [0.1, 0.15) is 11.5 Å². The Morgan fingerprint density at radius 3 is 2.65 bits per heavy atom. The van der Waals surface area contributed by atoms with Gasteiger partial charge in [-0.05, 0) is 35.9 Å². The summed E-state index contributed by atoms with van der Waals surface area (Å²) in [6.07, 6.45) is 2.55. The van der Waals surface area contributed by atoms with Crippen LogP contribution in [0.1, 0.15) is 21.9 Å². The fourth-order valence-corrected chi connectivity index (χ4v) is 2.57. The Labute approximate surface area is 147 Å². The zero-order valence-corrected chi connectivity index (χ0v) is 13.6. The molecule has 0 saturated heterocycles. The first-order chi connectivity index (χ1) is 12.7. The number of carbonyl (C=O) groups is 1. The maximum atomic E-state index is 12.1. The van der Waals surface area contributed by atoms with Gasteiger partial charge >= 0.3 is 0 Å². The third-order valence-corrected chi connectivity index (χ3v) is 3.87. The molecule has 1 aromatic carbocycles. The number of H-pyrrole nitrogens is 1. The molecule has 2 N–H and O–H groups in total. The SMILES string of the molecule is O=C(Nc1ccc(Cc2nnc3ccccn23)cc1)c1ccc(=O)[nH]n1. The number of rotatable bonds is 4. The number of pyridine rings is 1. The molecule has 0 aliphatic carbocycles. The van der Waals surface area contributed by atoms with Crippen molar-refractivity contribution in [2.75, 3.05) is 5.32 Å². The number of amides is 1. The highest BCUT2D eigenvalue weighted by Crippen LogP contribution is 2.14. The molecule has 0 saturated carbocycles. The summed E-state index contributed by atoms with van der Waals surface area (Å²) in [4.78, 5) is 23.1. The van der Waals surface area contributed by atoms with Gasteiger partial charge in [-0.3, -0.25) is 14.0 Å². The highest BCUT2D eigenvalue weighted by Gasteiger charge is 2.09. The summed E-state index contributed by atoms with van der Waals surface area (Å²) in [5, 5.41) is 17.0. The molecule has 3 aromatic heterocycles. The van der Waals surface area contributed by atoms with Crippen molar-refractivity contribution in [3.63, 3.8) is 0 Å². The lowest BCUT2D eigenvalue weighted by atomic mass is 10.1. The van der Waals surface area contributed by atoms with Crippen LogP contribution in [0.2, 0.25) is 0 Å². The Bertz CT molecular complexity index is 1110. The van der Waals surface area contributed by atoms with Crippen LogP contribution < -0.4 is 10.9 Å². The molecule has 8 nitrogen and oxygen atoms in total. The van der Waals surface area contributed by atoms with Crippen LogP contribution in [0.15, 0.2) is 65.6 Å². The Hall–Kier alpha value is -3.81. The lowest BCUT2D eigenvalue weighted by Gasteiger charge is -2.06. The van der Waals surface area contributed by atoms with Gasteiger partial charge < -0.3 is 5.32 Å². The van der Waals surface area contributed by atoms with Crippen molar-refractivity contribution in [3.05, 3.63) is 88.2 Å². The molecule has 0 aliphatic heterocycles. The van der Waals surface area contributed by atoms with E-state index in [4.69, 9.17) is 0 Å². The summed E-state index contributed by atoms with van der Waals surface area (Å²) in [6, 6.07) is 15.8. The van der Waals surface area contributed by atoms with E-state index in [0.717, 1.165) is 17.0 Å². The number of aromatic nitrogens is 5. The zero-order valence-electron chi connectivity index (χ0n) is 13.6. The minimum absolute atomic E-state index is 0.142. The molecule has 4 aromatic rings. The van der Waals surface area contributed by atoms with Crippen molar-refractivity contribution in [3.8, 4) is 0 Å². The van der Waals surface area contributed by atoms with Gasteiger partial charge in [0.2, 0.25) is 0 Å². The second-order valence-corrected chi connectivity index (χ2v) is 5.68. The summed E-state index contributed by atoms with van der Waals surface area (Å²) in [5.41, 5.74) is 2.27. The van der Waals surface area contributed by atoms with Crippen molar-refractivity contribution in [1.29, 1.82) is 0 Å². The first-order valence-electron chi connectivity index (χ1n) is 7.94. The van der Waals surface area contributed by atoms with Gasteiger partial charge in [0, 0.05) is 24.4 Å². The van der Waals surface area contributed by atoms with Crippen molar-refractivity contribution >= 4 is 17.2 Å². The first-order valence-corrected chi connectivity index (χ1v) is 7.94. The maximum Gasteiger partial charge on any atom is 0.276 e. The highest BCUT2D eigenvalue weighted by atomic mass is 16.2. The molecule has 0 fully saturated rings. The number of fused-ring (bicyclic) bond motifs is 1. The number of anilines is 1. The molecule has 0 unspecified atom stereocenters. The highest BCUT2D eigenvalue weighted by molar-refractivity contribution is 6.02. The molecule has 0 spiro atoms. The van der Waals surface area contributed by atoms with Gasteiger partial charge in [-0.1, -0.05) is 18.2 Å². The van der Waals surface area contributed by atoms with Gasteiger partial charge in [-0.25, -0.2) is 5.10 Å². The maximum absolute atomic E-state index is 12.1. The second kappa shape index (κ2) is 6.60. The quantitative estimate of drug-likeness (QED) is 0.585. The molecular weight excluding hydrogens is 332 g/mol. The van der Waals surface area contributed by atoms with Crippen molar-refractivity contribution in [1.82, 2.24) is 24.8 Å². The Morgan fingerprint density at radius 1 is 1.04 bits per heavy atom. The van der Waals surface area contributed by atoms with E-state index in [9.17, 15) is 9.59 Å². The Balaban J connectivity index is 1.47. The van der Waals surface area contributed by atoms with Crippen LogP contribution in [0.3, 0.4) is 0 Å². The van der Waals surface area contributed by atoms with Crippen molar-refractivity contribution in [2.24, 2.45) is 0 Å². The van der Waals surface area contributed by atoms with Gasteiger partial charge in [-0.15, -0.1) is 10.2 Å². The molecule has 128 valence electrons. The van der Waals surface area contributed by atoms with Gasteiger partial charge in [0.05, 0.1) is 0 Å². The van der Waals surface area contributed by atoms with E-state index in [0.29, 0.717) is 12.1 Å². The molecule has 0 aliphatic rings. The van der Waals surface area contributed by atoms with Crippen molar-refractivity contribution < 1.29 is 4.79 Å². The summed E-state index contributed by atoms with van der Waals surface area (Å²) in [6.45, 7) is 0. The number of hydrogen-bond donors (Lipinski definition) is 2. The van der Waals surface area contributed by atoms with Gasteiger partial charge in [0.25, 0.3) is 11.5 Å². The number of nitrogens with one attached hydrogen (secondary N) is 2. The predicted octanol–water partition coefficient (Wildman–Crippen LogP) is 1.66. The summed E-state index contributed by atoms with van der Waals surface area (Å²) in [5.74, 6) is 0.451. The largest absolute Gasteiger partial charge is 0.321 e. The van der Waals surface area contributed by atoms with Crippen LogP contribution in [0.4, 0.5) is 5.69 Å². The third-order valence-electron chi connectivity index (χ3n) is 3.87. The van der Waals surface area contributed by atoms with E-state index >= 15 is 0 Å². The lowest BCUT2D eigenvalue weighted by molar-refractivity contribution is 0.102. The molecule has 8 heteroatoms. The van der Waals surface area contributed by atoms with Crippen LogP contribution >= 0.6 is 0 Å². The normalized spacial score (nSPS) is 10.8. The first kappa shape index (κ1) is 15.7. The summed E-state index contributed by atoms with van der Waals surface area (Å²) in [7, 11) is 0. The van der Waals surface area contributed by atoms with E-state index in [1.807, 2.05) is 53.1 Å². The van der Waals surface area contributed by atoms with Crippen LogP contribution in [-0.4, -0.2) is 30.7 Å². The van der Waals surface area contributed by atoms with E-state index in [-0.39, 0.29) is 11.3 Å². The minimum Gasteiger partial charge on any atom is -0.321 e. The Kier molecular flexibility index (Phi) is 3.98. The number of nitrogens with zero attached hydrogens (tertiary/aromatic N) is 4. The molecule has 26 heavy (non-hydrogen) atoms. The molecule has 0 bridgehead atoms. The summed E-state index contributed by atoms with van der Waals surface area (Å²) >= 11 is 0. The van der Waals surface area contributed by atoms with Crippen LogP contribution in [0.5, 0.6) is 0 Å². The third kappa shape index (κ3) is 3.20. The van der Waals surface area contributed by atoms with E-state index < -0.39 is 5.91 Å². The van der Waals surface area contributed by atoms with E-state index in [1.54, 1.807) is 0 Å². The second-order valence-electron chi connectivity index (χ2n) is 5.68. The van der Waals surface area contributed by atoms with Crippen LogP contribution in [-0.2, 0) is 6.42 Å². The average molecular weight is 346 g/mol. The average Bonchev–Trinajstić information content (AvgIpc) is 3.07. The van der Waals surface area contributed by atoms with Crippen LogP contribution in [0, 0.1) is 0 Å². The van der Waals surface area contributed by atoms with Crippen molar-refractivity contribution in [2.45, 2.75) is 6.42 Å². The Morgan fingerprint density at radius 2 is 1.88 bits per heavy atom. The predicted molar refractivity (Wildman–Crippen MR) is 95.0 cm³/mol. The number of benzene rings is 1. The monoisotopic (exact) mass is 346 g/mol. The number of aromatic amines is 1. The smallest absolute Gasteiger partial charge is 0.276 e. The molecule has 1 amide bonds. The molecule has 0 atom stereocenters. The summed E-state index contributed by atoms with van der Waals surface area (Å²) < 4.78 is 1.94. The molecule has 4 rings (SSSR count). The van der Waals surface area contributed by atoms with E-state index in [2.05, 4.69) is 25.7 Å². The number of hydrogen-bond acceptors (Lipinski definition) is 5. The minimum atomic E-state index is -0.391. The van der Waals surface area contributed by atoms with Gasteiger partial charge in [-0.2, -0.15) is 5.10 Å². The molecular formula is C18H14N6O2. The zero-order chi connectivity index (χ0) is 17.9. The standard InChI is InChI=1S/C18H14N6O2/c25-17-9-8-14(20-23-17)18(26)19-13-6-4-12(5-7-13)11-16-22-21-15-3-1-2-10-24(15)16/h1-10H,11H2,(H,19,26)(H,23,25). The molecule has 3 heterocycles. The topological polar surface area (TPSA) is 105 Å². The van der Waals surface area contributed by atoms with E-state index in [1.165, 1.54) is 12.1 Å². The van der Waals surface area contributed by atoms with Crippen LogP contribution in [0.25, 0.3) is 5.65 Å². The molecule has 0 radical (unpaired) electrons. The fourth-order valence-electron chi connectivity index (χ4n) is 2.57.